The van der Waals surface area contributed by atoms with Crippen molar-refractivity contribution in [3.63, 3.8) is 0 Å². The van der Waals surface area contributed by atoms with Gasteiger partial charge in [0.2, 0.25) is 0 Å². The van der Waals surface area contributed by atoms with Crippen LogP contribution < -0.4 is 0 Å². The number of rotatable bonds is 3. The second kappa shape index (κ2) is 5.08. The van der Waals surface area contributed by atoms with Crippen LogP contribution in [0.4, 0.5) is 0 Å². The van der Waals surface area contributed by atoms with Gasteiger partial charge < -0.3 is 0 Å². The highest BCUT2D eigenvalue weighted by molar-refractivity contribution is 9.09. The van der Waals surface area contributed by atoms with E-state index in [0.717, 1.165) is 10.7 Å². The minimum atomic E-state index is 0.613. The molecular formula is C9H9BBr2. The summed E-state index contributed by atoms with van der Waals surface area (Å²) < 4.78 is 0. The van der Waals surface area contributed by atoms with Crippen molar-refractivity contribution in [3.8, 4) is 0 Å². The molecule has 12 heavy (non-hydrogen) atoms. The fourth-order valence-electron chi connectivity index (χ4n) is 1.18. The van der Waals surface area contributed by atoms with Crippen molar-refractivity contribution in [3.05, 3.63) is 34.9 Å². The molecule has 2 radical (unpaired) electrons. The average molecular weight is 288 g/mol. The van der Waals surface area contributed by atoms with E-state index in [-0.39, 0.29) is 0 Å². The van der Waals surface area contributed by atoms with E-state index in [4.69, 9.17) is 7.85 Å². The summed E-state index contributed by atoms with van der Waals surface area (Å²) in [7, 11) is 5.61. The fraction of sp³-hybridized carbons (Fsp3) is 0.333. The quantitative estimate of drug-likeness (QED) is 0.592. The van der Waals surface area contributed by atoms with E-state index in [9.17, 15) is 0 Å². The molecule has 0 saturated carbocycles. The molecule has 0 fully saturated rings. The van der Waals surface area contributed by atoms with Gasteiger partial charge in [0.05, 0.1) is 7.85 Å². The third-order valence-corrected chi connectivity index (χ3v) is 3.03. The monoisotopic (exact) mass is 286 g/mol. The molecule has 62 valence electrons. The highest BCUT2D eigenvalue weighted by Gasteiger charge is 2.03. The van der Waals surface area contributed by atoms with E-state index >= 15 is 0 Å². The minimum Gasteiger partial charge on any atom is -0.0876 e. The molecule has 0 aliphatic carbocycles. The molecule has 0 N–H and O–H groups in total. The number of benzene rings is 1. The molecule has 3 heteroatoms. The Morgan fingerprint density at radius 1 is 1.08 bits per heavy atom. The predicted octanol–water partition coefficient (Wildman–Crippen LogP) is 3.14. The van der Waals surface area contributed by atoms with Crippen LogP contribution in [0.15, 0.2) is 18.2 Å². The lowest BCUT2D eigenvalue weighted by Crippen LogP contribution is -1.96. The Morgan fingerprint density at radius 2 is 1.75 bits per heavy atom. The van der Waals surface area contributed by atoms with Gasteiger partial charge in [0, 0.05) is 10.7 Å². The maximum atomic E-state index is 5.61. The van der Waals surface area contributed by atoms with Gasteiger partial charge in [0.25, 0.3) is 0 Å². The molecule has 0 unspecified atom stereocenters. The summed E-state index contributed by atoms with van der Waals surface area (Å²) in [5, 5.41) is 1.77. The van der Waals surface area contributed by atoms with Crippen molar-refractivity contribution in [2.75, 3.05) is 0 Å². The van der Waals surface area contributed by atoms with Gasteiger partial charge in [-0.1, -0.05) is 61.9 Å². The first-order valence-electron chi connectivity index (χ1n) is 3.75. The average Bonchev–Trinajstić information content (AvgIpc) is 2.16. The number of alkyl halides is 2. The molecule has 0 heterocycles. The summed E-state index contributed by atoms with van der Waals surface area (Å²) in [6.45, 7) is 0. The number of halogens is 2. The molecule has 0 aliphatic rings. The normalized spacial score (nSPS) is 10.2. The molecule has 1 aromatic rings. The number of hydrogen-bond donors (Lipinski definition) is 0. The molecule has 1 rings (SSSR count). The Balaban J connectivity index is 3.13. The van der Waals surface area contributed by atoms with Crippen LogP contribution >= 0.6 is 31.9 Å². The molecule has 0 atom stereocenters. The van der Waals surface area contributed by atoms with Gasteiger partial charge in [-0.05, 0) is 11.1 Å². The molecular weight excluding hydrogens is 279 g/mol. The van der Waals surface area contributed by atoms with Crippen LogP contribution in [0.2, 0.25) is 0 Å². The summed E-state index contributed by atoms with van der Waals surface area (Å²) in [5.41, 5.74) is 3.86. The predicted molar refractivity (Wildman–Crippen MR) is 61.2 cm³/mol. The fourth-order valence-corrected chi connectivity index (χ4v) is 2.42. The molecule has 1 aromatic carbocycles. The van der Waals surface area contributed by atoms with E-state index in [1.165, 1.54) is 16.7 Å². The van der Waals surface area contributed by atoms with Crippen LogP contribution in [0.3, 0.4) is 0 Å². The van der Waals surface area contributed by atoms with Crippen LogP contribution in [0, 0.1) is 0 Å². The zero-order chi connectivity index (χ0) is 8.97. The number of hydrogen-bond acceptors (Lipinski definition) is 0. The van der Waals surface area contributed by atoms with Crippen molar-refractivity contribution in [1.82, 2.24) is 0 Å². The summed E-state index contributed by atoms with van der Waals surface area (Å²) >= 11 is 6.92. The zero-order valence-corrected chi connectivity index (χ0v) is 9.86. The first-order valence-corrected chi connectivity index (χ1v) is 5.99. The van der Waals surface area contributed by atoms with Crippen molar-refractivity contribution >= 4 is 39.7 Å². The Kier molecular flexibility index (Phi) is 4.37. The second-order valence-electron chi connectivity index (χ2n) is 2.53. The van der Waals surface area contributed by atoms with Gasteiger partial charge in [0.1, 0.15) is 0 Å². The van der Waals surface area contributed by atoms with Crippen molar-refractivity contribution in [2.24, 2.45) is 0 Å². The van der Waals surface area contributed by atoms with E-state index in [2.05, 4.69) is 44.0 Å². The Hall–Kier alpha value is 0.245. The lowest BCUT2D eigenvalue weighted by atomic mass is 9.91. The largest absolute Gasteiger partial charge is 0.0876 e. The maximum Gasteiger partial charge on any atom is 0.0716 e. The smallest absolute Gasteiger partial charge is 0.0716 e. The molecule has 0 bridgehead atoms. The molecule has 0 amide bonds. The molecule has 0 nitrogen and oxygen atoms in total. The Morgan fingerprint density at radius 3 is 2.25 bits per heavy atom. The zero-order valence-electron chi connectivity index (χ0n) is 6.69. The lowest BCUT2D eigenvalue weighted by molar-refractivity contribution is 1.22. The molecule has 0 aromatic heterocycles. The van der Waals surface area contributed by atoms with Crippen LogP contribution in [0.1, 0.15) is 16.7 Å². The van der Waals surface area contributed by atoms with Crippen molar-refractivity contribution < 1.29 is 0 Å². The standard InChI is InChI=1S/C9H9BBr2/c10-4-7-2-1-3-8(5-11)9(7)6-12/h1-3H,4-6H2. The van der Waals surface area contributed by atoms with E-state index in [0.29, 0.717) is 6.32 Å². The molecule has 0 aliphatic heterocycles. The Bertz CT molecular complexity index is 238. The van der Waals surface area contributed by atoms with Crippen LogP contribution in [0.5, 0.6) is 0 Å². The summed E-state index contributed by atoms with van der Waals surface area (Å²) in [6.07, 6.45) is 0.613. The van der Waals surface area contributed by atoms with Gasteiger partial charge in [-0.2, -0.15) is 0 Å². The molecule has 0 spiro atoms. The van der Waals surface area contributed by atoms with E-state index < -0.39 is 0 Å². The van der Waals surface area contributed by atoms with Gasteiger partial charge in [-0.3, -0.25) is 0 Å². The van der Waals surface area contributed by atoms with Crippen LogP contribution in [-0.2, 0) is 17.0 Å². The van der Waals surface area contributed by atoms with Crippen molar-refractivity contribution in [1.29, 1.82) is 0 Å². The van der Waals surface area contributed by atoms with Gasteiger partial charge in [0.15, 0.2) is 0 Å². The van der Waals surface area contributed by atoms with E-state index in [1.54, 1.807) is 0 Å². The first-order chi connectivity index (χ1) is 5.83. The molecule has 0 saturated heterocycles. The highest BCUT2D eigenvalue weighted by Crippen LogP contribution is 2.20. The van der Waals surface area contributed by atoms with Crippen LogP contribution in [0.25, 0.3) is 0 Å². The lowest BCUT2D eigenvalue weighted by Gasteiger charge is -2.09. The topological polar surface area (TPSA) is 0 Å². The highest BCUT2D eigenvalue weighted by atomic mass is 79.9. The van der Waals surface area contributed by atoms with Gasteiger partial charge in [-0.25, -0.2) is 0 Å². The van der Waals surface area contributed by atoms with Crippen LogP contribution in [-0.4, -0.2) is 7.85 Å². The minimum absolute atomic E-state index is 0.613. The third-order valence-electron chi connectivity index (χ3n) is 1.87. The van der Waals surface area contributed by atoms with Gasteiger partial charge in [-0.15, -0.1) is 0 Å². The second-order valence-corrected chi connectivity index (χ2v) is 3.65. The summed E-state index contributed by atoms with van der Waals surface area (Å²) in [5.74, 6) is 0. The summed E-state index contributed by atoms with van der Waals surface area (Å²) in [4.78, 5) is 0. The van der Waals surface area contributed by atoms with E-state index in [1.807, 2.05) is 6.07 Å². The third kappa shape index (κ3) is 2.14. The van der Waals surface area contributed by atoms with Gasteiger partial charge >= 0.3 is 0 Å². The maximum absolute atomic E-state index is 5.61. The summed E-state index contributed by atoms with van der Waals surface area (Å²) in [6, 6.07) is 6.23. The SMILES string of the molecule is [B]Cc1cccc(CBr)c1CBr. The van der Waals surface area contributed by atoms with Crippen molar-refractivity contribution in [2.45, 2.75) is 17.0 Å². The Labute approximate surface area is 91.4 Å². The first kappa shape index (κ1) is 10.3.